The highest BCUT2D eigenvalue weighted by atomic mass is 19.1. The molecule has 0 aliphatic rings. The van der Waals surface area contributed by atoms with Gasteiger partial charge in [0.15, 0.2) is 5.54 Å². The third-order valence-electron chi connectivity index (χ3n) is 2.93. The average Bonchev–Trinajstić information content (AvgIpc) is 2.66. The molecule has 1 aromatic heterocycles. The van der Waals surface area contributed by atoms with E-state index in [9.17, 15) is 9.18 Å². The molecule has 1 heterocycles. The lowest BCUT2D eigenvalue weighted by Crippen LogP contribution is -2.49. The summed E-state index contributed by atoms with van der Waals surface area (Å²) in [6, 6.07) is 6.82. The fourth-order valence-electron chi connectivity index (χ4n) is 1.83. The highest BCUT2D eigenvalue weighted by molar-refractivity contribution is 5.83. The fourth-order valence-corrected chi connectivity index (χ4v) is 1.83. The fraction of sp³-hybridized carbons (Fsp3) is 0.154. The molecule has 0 saturated carbocycles. The molecule has 0 aliphatic heterocycles. The SMILES string of the molecule is C=CC(N)(Cn1cc(F)c2ccccc21)C(=O)O. The van der Waals surface area contributed by atoms with Crippen LogP contribution in [0, 0.1) is 5.82 Å². The Hall–Kier alpha value is -2.14. The topological polar surface area (TPSA) is 68.2 Å². The number of rotatable bonds is 4. The largest absolute Gasteiger partial charge is 0.480 e. The summed E-state index contributed by atoms with van der Waals surface area (Å²) in [6.45, 7) is 3.35. The van der Waals surface area contributed by atoms with Gasteiger partial charge in [0.05, 0.1) is 12.1 Å². The molecular formula is C13H13FN2O2. The van der Waals surface area contributed by atoms with Gasteiger partial charge in [-0.2, -0.15) is 0 Å². The number of fused-ring (bicyclic) bond motifs is 1. The molecule has 1 atom stereocenters. The number of para-hydroxylation sites is 1. The molecule has 0 saturated heterocycles. The summed E-state index contributed by atoms with van der Waals surface area (Å²) < 4.78 is 15.1. The minimum absolute atomic E-state index is 0.0731. The molecule has 2 aromatic rings. The number of carbonyl (C=O) groups is 1. The number of halogens is 1. The number of hydrogen-bond donors (Lipinski definition) is 2. The van der Waals surface area contributed by atoms with Gasteiger partial charge in [0.25, 0.3) is 0 Å². The van der Waals surface area contributed by atoms with Crippen LogP contribution in [0.2, 0.25) is 0 Å². The van der Waals surface area contributed by atoms with E-state index in [-0.39, 0.29) is 6.54 Å². The van der Waals surface area contributed by atoms with Crippen molar-refractivity contribution in [1.82, 2.24) is 4.57 Å². The zero-order valence-electron chi connectivity index (χ0n) is 9.64. The van der Waals surface area contributed by atoms with Gasteiger partial charge in [-0.25, -0.2) is 9.18 Å². The number of aliphatic carboxylic acids is 1. The van der Waals surface area contributed by atoms with Gasteiger partial charge in [0, 0.05) is 11.6 Å². The molecule has 0 radical (unpaired) electrons. The van der Waals surface area contributed by atoms with Gasteiger partial charge < -0.3 is 15.4 Å². The van der Waals surface area contributed by atoms with Crippen LogP contribution in [-0.4, -0.2) is 21.2 Å². The van der Waals surface area contributed by atoms with Crippen LogP contribution in [0.15, 0.2) is 43.1 Å². The summed E-state index contributed by atoms with van der Waals surface area (Å²) in [5.74, 6) is -1.60. The summed E-state index contributed by atoms with van der Waals surface area (Å²) in [5, 5.41) is 9.51. The van der Waals surface area contributed by atoms with Crippen LogP contribution >= 0.6 is 0 Å². The van der Waals surface area contributed by atoms with Gasteiger partial charge in [0.2, 0.25) is 0 Å². The van der Waals surface area contributed by atoms with Crippen molar-refractivity contribution in [2.75, 3.05) is 0 Å². The van der Waals surface area contributed by atoms with Crippen molar-refractivity contribution in [2.45, 2.75) is 12.1 Å². The molecule has 2 rings (SSSR count). The summed E-state index contributed by atoms with van der Waals surface area (Å²) in [4.78, 5) is 11.1. The van der Waals surface area contributed by atoms with Crippen molar-refractivity contribution >= 4 is 16.9 Å². The Labute approximate surface area is 103 Å². The molecule has 1 unspecified atom stereocenters. The van der Waals surface area contributed by atoms with Crippen LogP contribution in [0.4, 0.5) is 4.39 Å². The average molecular weight is 248 g/mol. The molecule has 3 N–H and O–H groups in total. The molecule has 0 aliphatic carbocycles. The molecule has 18 heavy (non-hydrogen) atoms. The maximum Gasteiger partial charge on any atom is 0.329 e. The van der Waals surface area contributed by atoms with Crippen molar-refractivity contribution in [3.05, 3.63) is 48.9 Å². The summed E-state index contributed by atoms with van der Waals surface area (Å²) in [6.07, 6.45) is 2.40. The first-order chi connectivity index (χ1) is 8.48. The lowest BCUT2D eigenvalue weighted by molar-refractivity contribution is -0.141. The summed E-state index contributed by atoms with van der Waals surface area (Å²) in [5.41, 5.74) is 4.70. The maximum absolute atomic E-state index is 13.7. The number of nitrogens with zero attached hydrogens (tertiary/aromatic N) is 1. The zero-order chi connectivity index (χ0) is 13.3. The number of benzene rings is 1. The van der Waals surface area contributed by atoms with E-state index in [1.165, 1.54) is 10.8 Å². The molecular weight excluding hydrogens is 235 g/mol. The maximum atomic E-state index is 13.7. The summed E-state index contributed by atoms with van der Waals surface area (Å²) >= 11 is 0. The Balaban J connectivity index is 2.50. The number of nitrogens with two attached hydrogens (primary N) is 1. The van der Waals surface area contributed by atoms with Gasteiger partial charge >= 0.3 is 5.97 Å². The van der Waals surface area contributed by atoms with Crippen molar-refractivity contribution in [3.8, 4) is 0 Å². The van der Waals surface area contributed by atoms with Crippen molar-refractivity contribution in [1.29, 1.82) is 0 Å². The zero-order valence-corrected chi connectivity index (χ0v) is 9.64. The van der Waals surface area contributed by atoms with Crippen molar-refractivity contribution in [3.63, 3.8) is 0 Å². The van der Waals surface area contributed by atoms with Crippen LogP contribution in [0.25, 0.3) is 10.9 Å². The van der Waals surface area contributed by atoms with Crippen LogP contribution in [0.1, 0.15) is 0 Å². The molecule has 94 valence electrons. The Bertz CT molecular complexity index is 620. The second-order valence-electron chi connectivity index (χ2n) is 4.17. The predicted octanol–water partition coefficient (Wildman–Crippen LogP) is 1.75. The molecule has 0 amide bonds. The van der Waals surface area contributed by atoms with Gasteiger partial charge in [-0.15, -0.1) is 6.58 Å². The lowest BCUT2D eigenvalue weighted by atomic mass is 10.0. The van der Waals surface area contributed by atoms with Gasteiger partial charge in [-0.1, -0.05) is 18.2 Å². The number of carboxylic acid groups (broad SMARTS) is 1. The Morgan fingerprint density at radius 3 is 2.83 bits per heavy atom. The Morgan fingerprint density at radius 2 is 2.22 bits per heavy atom. The predicted molar refractivity (Wildman–Crippen MR) is 66.6 cm³/mol. The van der Waals surface area contributed by atoms with E-state index in [0.717, 1.165) is 6.08 Å². The van der Waals surface area contributed by atoms with Gasteiger partial charge in [-0.05, 0) is 12.1 Å². The summed E-state index contributed by atoms with van der Waals surface area (Å²) in [7, 11) is 0. The number of hydrogen-bond acceptors (Lipinski definition) is 2. The highest BCUT2D eigenvalue weighted by Crippen LogP contribution is 2.21. The smallest absolute Gasteiger partial charge is 0.329 e. The number of carboxylic acids is 1. The lowest BCUT2D eigenvalue weighted by Gasteiger charge is -2.21. The minimum Gasteiger partial charge on any atom is -0.480 e. The first-order valence-electron chi connectivity index (χ1n) is 5.37. The van der Waals surface area contributed by atoms with E-state index in [1.54, 1.807) is 24.3 Å². The Kier molecular flexibility index (Phi) is 2.92. The van der Waals surface area contributed by atoms with E-state index in [4.69, 9.17) is 10.8 Å². The molecule has 0 bridgehead atoms. The number of aromatic nitrogens is 1. The second kappa shape index (κ2) is 4.27. The van der Waals surface area contributed by atoms with Crippen molar-refractivity contribution < 1.29 is 14.3 Å². The normalized spacial score (nSPS) is 14.3. The third kappa shape index (κ3) is 1.89. The van der Waals surface area contributed by atoms with Crippen molar-refractivity contribution in [2.24, 2.45) is 5.73 Å². The second-order valence-corrected chi connectivity index (χ2v) is 4.17. The van der Waals surface area contributed by atoms with Crippen LogP contribution < -0.4 is 5.73 Å². The van der Waals surface area contributed by atoms with E-state index >= 15 is 0 Å². The van der Waals surface area contributed by atoms with Gasteiger partial charge in [0.1, 0.15) is 5.82 Å². The highest BCUT2D eigenvalue weighted by Gasteiger charge is 2.31. The monoisotopic (exact) mass is 248 g/mol. The van der Waals surface area contributed by atoms with Gasteiger partial charge in [-0.3, -0.25) is 0 Å². The quantitative estimate of drug-likeness (QED) is 0.810. The van der Waals surface area contributed by atoms with Crippen LogP contribution in [0.5, 0.6) is 0 Å². The molecule has 4 nitrogen and oxygen atoms in total. The molecule has 0 fully saturated rings. The van der Waals surface area contributed by atoms with Crippen LogP contribution in [0.3, 0.4) is 0 Å². The van der Waals surface area contributed by atoms with E-state index in [2.05, 4.69) is 6.58 Å². The molecule has 1 aromatic carbocycles. The standard InChI is InChI=1S/C13H13FN2O2/c1-2-13(15,12(17)18)8-16-7-10(14)9-5-3-4-6-11(9)16/h2-7H,1,8,15H2,(H,17,18). The third-order valence-corrected chi connectivity index (χ3v) is 2.93. The molecule has 5 heteroatoms. The first kappa shape index (κ1) is 12.3. The van der Waals surface area contributed by atoms with E-state index < -0.39 is 17.3 Å². The first-order valence-corrected chi connectivity index (χ1v) is 5.37. The van der Waals surface area contributed by atoms with E-state index in [0.29, 0.717) is 10.9 Å². The molecule has 0 spiro atoms. The van der Waals surface area contributed by atoms with Crippen LogP contribution in [-0.2, 0) is 11.3 Å². The van der Waals surface area contributed by atoms with E-state index in [1.807, 2.05) is 0 Å². The minimum atomic E-state index is -1.62. The Morgan fingerprint density at radius 1 is 1.56 bits per heavy atom.